The van der Waals surface area contributed by atoms with Gasteiger partial charge in [0, 0.05) is 52.4 Å². The molecule has 2 amide bonds. The summed E-state index contributed by atoms with van der Waals surface area (Å²) in [5.41, 5.74) is 1.47. The molecule has 1 heterocycles. The van der Waals surface area contributed by atoms with Crippen molar-refractivity contribution in [3.05, 3.63) is 77.9 Å². The summed E-state index contributed by atoms with van der Waals surface area (Å²) in [7, 11) is -0.782. The molecule has 4 rings (SSSR count). The Balaban J connectivity index is 1.29. The van der Waals surface area contributed by atoms with Crippen molar-refractivity contribution in [1.29, 1.82) is 0 Å². The van der Waals surface area contributed by atoms with E-state index in [0.717, 1.165) is 23.9 Å². The van der Waals surface area contributed by atoms with Crippen LogP contribution < -0.4 is 5.32 Å². The molecule has 0 aliphatic carbocycles. The van der Waals surface area contributed by atoms with Crippen LogP contribution in [0.4, 0.5) is 0 Å². The zero-order valence-corrected chi connectivity index (χ0v) is 20.8. The Kier molecular flexibility index (Phi) is 7.49. The number of carbonyl (C=O) groups is 2. The highest BCUT2D eigenvalue weighted by atomic mass is 32.2. The van der Waals surface area contributed by atoms with E-state index >= 15 is 0 Å². The zero-order chi connectivity index (χ0) is 25.0. The molecular weight excluding hydrogens is 464 g/mol. The van der Waals surface area contributed by atoms with Crippen molar-refractivity contribution < 1.29 is 18.0 Å². The number of rotatable bonds is 7. The average molecular weight is 495 g/mol. The van der Waals surface area contributed by atoms with Crippen LogP contribution in [0.5, 0.6) is 0 Å². The number of sulfonamides is 1. The Morgan fingerprint density at radius 2 is 1.60 bits per heavy atom. The van der Waals surface area contributed by atoms with E-state index in [1.807, 2.05) is 12.1 Å². The highest BCUT2D eigenvalue weighted by molar-refractivity contribution is 7.89. The molecule has 1 saturated heterocycles. The third-order valence-corrected chi connectivity index (χ3v) is 8.08. The summed E-state index contributed by atoms with van der Waals surface area (Å²) in [4.78, 5) is 29.3. The van der Waals surface area contributed by atoms with E-state index in [1.54, 1.807) is 4.90 Å². The standard InChI is InChI=1S/C26H30N4O4S/c1-28(2)35(33,34)23-11-6-9-21(17-23)26(32)27-18-25(31)30-15-13-29(14-16-30)19-22-10-5-8-20-7-3-4-12-24(20)22/h3-12,17H,13-16,18-19H2,1-2H3,(H,27,32). The number of nitrogens with zero attached hydrogens (tertiary/aromatic N) is 3. The van der Waals surface area contributed by atoms with Crippen LogP contribution in [-0.4, -0.2) is 81.2 Å². The first-order valence-corrected chi connectivity index (χ1v) is 13.0. The van der Waals surface area contributed by atoms with Gasteiger partial charge in [0.2, 0.25) is 15.9 Å². The van der Waals surface area contributed by atoms with Crippen molar-refractivity contribution in [2.75, 3.05) is 46.8 Å². The van der Waals surface area contributed by atoms with Gasteiger partial charge in [-0.15, -0.1) is 0 Å². The summed E-state index contributed by atoms with van der Waals surface area (Å²) in [5, 5.41) is 5.09. The largest absolute Gasteiger partial charge is 0.343 e. The first-order valence-electron chi connectivity index (χ1n) is 11.5. The van der Waals surface area contributed by atoms with Gasteiger partial charge in [-0.2, -0.15) is 0 Å². The molecule has 1 aliphatic rings. The quantitative estimate of drug-likeness (QED) is 0.544. The number of amides is 2. The molecule has 0 bridgehead atoms. The lowest BCUT2D eigenvalue weighted by Crippen LogP contribution is -2.50. The maximum atomic E-state index is 12.7. The summed E-state index contributed by atoms with van der Waals surface area (Å²) in [6, 6.07) is 20.5. The van der Waals surface area contributed by atoms with Gasteiger partial charge < -0.3 is 10.2 Å². The van der Waals surface area contributed by atoms with E-state index < -0.39 is 15.9 Å². The summed E-state index contributed by atoms with van der Waals surface area (Å²) in [6.07, 6.45) is 0. The van der Waals surface area contributed by atoms with Crippen LogP contribution >= 0.6 is 0 Å². The van der Waals surface area contributed by atoms with Crippen molar-refractivity contribution in [2.45, 2.75) is 11.4 Å². The summed E-state index contributed by atoms with van der Waals surface area (Å²) in [5.74, 6) is -0.635. The van der Waals surface area contributed by atoms with Crippen LogP contribution in [0.2, 0.25) is 0 Å². The number of piperazine rings is 1. The molecule has 3 aromatic rings. The van der Waals surface area contributed by atoms with E-state index in [9.17, 15) is 18.0 Å². The van der Waals surface area contributed by atoms with Gasteiger partial charge in [-0.05, 0) is 34.5 Å². The highest BCUT2D eigenvalue weighted by Crippen LogP contribution is 2.20. The minimum Gasteiger partial charge on any atom is -0.343 e. The molecule has 0 unspecified atom stereocenters. The van der Waals surface area contributed by atoms with E-state index in [4.69, 9.17) is 0 Å². The summed E-state index contributed by atoms with van der Waals surface area (Å²) in [6.45, 7) is 3.39. The van der Waals surface area contributed by atoms with Gasteiger partial charge in [0.1, 0.15) is 0 Å². The molecule has 1 fully saturated rings. The van der Waals surface area contributed by atoms with Gasteiger partial charge in [-0.3, -0.25) is 14.5 Å². The minimum atomic E-state index is -3.65. The molecule has 35 heavy (non-hydrogen) atoms. The number of benzene rings is 3. The predicted molar refractivity (Wildman–Crippen MR) is 135 cm³/mol. The van der Waals surface area contributed by atoms with Gasteiger partial charge in [0.05, 0.1) is 11.4 Å². The van der Waals surface area contributed by atoms with Crippen molar-refractivity contribution in [3.63, 3.8) is 0 Å². The molecule has 9 heteroatoms. The molecule has 0 spiro atoms. The SMILES string of the molecule is CN(C)S(=O)(=O)c1cccc(C(=O)NCC(=O)N2CCN(Cc3cccc4ccccc34)CC2)c1. The number of nitrogens with one attached hydrogen (secondary N) is 1. The molecule has 8 nitrogen and oxygen atoms in total. The molecule has 184 valence electrons. The number of hydrogen-bond acceptors (Lipinski definition) is 5. The smallest absolute Gasteiger partial charge is 0.251 e. The lowest BCUT2D eigenvalue weighted by molar-refractivity contribution is -0.131. The van der Waals surface area contributed by atoms with Crippen LogP contribution in [0, 0.1) is 0 Å². The maximum absolute atomic E-state index is 12.7. The van der Waals surface area contributed by atoms with Gasteiger partial charge in [0.15, 0.2) is 0 Å². The predicted octanol–water partition coefficient (Wildman–Crippen LogP) is 2.16. The minimum absolute atomic E-state index is 0.0313. The fourth-order valence-corrected chi connectivity index (χ4v) is 5.15. The highest BCUT2D eigenvalue weighted by Gasteiger charge is 2.23. The van der Waals surface area contributed by atoms with Crippen LogP contribution in [0.25, 0.3) is 10.8 Å². The molecule has 3 aromatic carbocycles. The maximum Gasteiger partial charge on any atom is 0.251 e. The number of carbonyl (C=O) groups excluding carboxylic acids is 2. The Bertz CT molecular complexity index is 1330. The van der Waals surface area contributed by atoms with E-state index in [2.05, 4.69) is 40.5 Å². The lowest BCUT2D eigenvalue weighted by Gasteiger charge is -2.35. The van der Waals surface area contributed by atoms with E-state index in [0.29, 0.717) is 13.1 Å². The van der Waals surface area contributed by atoms with Gasteiger partial charge in [-0.25, -0.2) is 12.7 Å². The first-order chi connectivity index (χ1) is 16.8. The van der Waals surface area contributed by atoms with Crippen LogP contribution in [0.15, 0.2) is 71.6 Å². The fourth-order valence-electron chi connectivity index (χ4n) is 4.21. The monoisotopic (exact) mass is 494 g/mol. The first kappa shape index (κ1) is 24.8. The van der Waals surface area contributed by atoms with E-state index in [1.165, 1.54) is 54.7 Å². The van der Waals surface area contributed by atoms with Crippen LogP contribution in [-0.2, 0) is 21.4 Å². The third kappa shape index (κ3) is 5.70. The molecule has 0 aromatic heterocycles. The Hall–Kier alpha value is -3.27. The fraction of sp³-hybridized carbons (Fsp3) is 0.308. The van der Waals surface area contributed by atoms with Gasteiger partial charge >= 0.3 is 0 Å². The number of hydrogen-bond donors (Lipinski definition) is 1. The van der Waals surface area contributed by atoms with Gasteiger partial charge in [-0.1, -0.05) is 48.5 Å². The summed E-state index contributed by atoms with van der Waals surface area (Å²) >= 11 is 0. The van der Waals surface area contributed by atoms with Gasteiger partial charge in [0.25, 0.3) is 5.91 Å². The Labute approximate surface area is 206 Å². The van der Waals surface area contributed by atoms with Crippen molar-refractivity contribution in [1.82, 2.24) is 19.4 Å². The van der Waals surface area contributed by atoms with Crippen molar-refractivity contribution >= 4 is 32.6 Å². The van der Waals surface area contributed by atoms with Crippen LogP contribution in [0.1, 0.15) is 15.9 Å². The molecule has 0 atom stereocenters. The average Bonchev–Trinajstić information content (AvgIpc) is 2.87. The second-order valence-corrected chi connectivity index (χ2v) is 10.9. The molecule has 0 saturated carbocycles. The Morgan fingerprint density at radius 3 is 2.34 bits per heavy atom. The summed E-state index contributed by atoms with van der Waals surface area (Å²) < 4.78 is 25.7. The second-order valence-electron chi connectivity index (χ2n) is 8.79. The van der Waals surface area contributed by atoms with E-state index in [-0.39, 0.29) is 22.9 Å². The van der Waals surface area contributed by atoms with Crippen LogP contribution in [0.3, 0.4) is 0 Å². The topological polar surface area (TPSA) is 90.0 Å². The lowest BCUT2D eigenvalue weighted by atomic mass is 10.0. The second kappa shape index (κ2) is 10.6. The third-order valence-electron chi connectivity index (χ3n) is 6.27. The number of fused-ring (bicyclic) bond motifs is 1. The molecular formula is C26H30N4O4S. The normalized spacial score (nSPS) is 14.9. The van der Waals surface area contributed by atoms with Crippen molar-refractivity contribution in [3.8, 4) is 0 Å². The zero-order valence-electron chi connectivity index (χ0n) is 20.0. The molecule has 0 radical (unpaired) electrons. The Morgan fingerprint density at radius 1 is 0.914 bits per heavy atom. The molecule has 1 aliphatic heterocycles. The molecule has 1 N–H and O–H groups in total. The van der Waals surface area contributed by atoms with Crippen molar-refractivity contribution in [2.24, 2.45) is 0 Å².